The van der Waals surface area contributed by atoms with Crippen LogP contribution in [0.4, 0.5) is 5.82 Å². The average Bonchev–Trinajstić information content (AvgIpc) is 2.80. The largest absolute Gasteiger partial charge is 0.495 e. The SMILES string of the molecule is C1CCNC1.COc1cc(N)ncc1Cl. The molecule has 5 heteroatoms. The molecule has 1 aliphatic heterocycles. The zero-order chi connectivity index (χ0) is 11.1. The van der Waals surface area contributed by atoms with Crippen LogP contribution in [0.3, 0.4) is 0 Å². The van der Waals surface area contributed by atoms with Gasteiger partial charge in [-0.25, -0.2) is 4.98 Å². The molecule has 1 aromatic heterocycles. The van der Waals surface area contributed by atoms with Gasteiger partial charge in [0.05, 0.1) is 13.3 Å². The van der Waals surface area contributed by atoms with Crippen LogP contribution < -0.4 is 15.8 Å². The first-order chi connectivity index (χ1) is 7.24. The average molecular weight is 230 g/mol. The molecule has 1 aromatic rings. The molecule has 0 aromatic carbocycles. The number of pyridine rings is 1. The van der Waals surface area contributed by atoms with Crippen LogP contribution >= 0.6 is 11.6 Å². The summed E-state index contributed by atoms with van der Waals surface area (Å²) in [5.74, 6) is 0.954. The number of halogens is 1. The van der Waals surface area contributed by atoms with Gasteiger partial charge < -0.3 is 15.8 Å². The van der Waals surface area contributed by atoms with Gasteiger partial charge in [-0.1, -0.05) is 11.6 Å². The lowest BCUT2D eigenvalue weighted by Crippen LogP contribution is -2.03. The molecule has 4 nitrogen and oxygen atoms in total. The first kappa shape index (κ1) is 12.1. The summed E-state index contributed by atoms with van der Waals surface area (Å²) in [6.07, 6.45) is 4.23. The summed E-state index contributed by atoms with van der Waals surface area (Å²) in [4.78, 5) is 3.75. The molecule has 0 aliphatic carbocycles. The summed E-state index contributed by atoms with van der Waals surface area (Å²) in [5, 5.41) is 3.69. The van der Waals surface area contributed by atoms with Gasteiger partial charge in [0, 0.05) is 6.07 Å². The Labute approximate surface area is 94.8 Å². The van der Waals surface area contributed by atoms with Crippen molar-refractivity contribution in [1.29, 1.82) is 0 Å². The number of rotatable bonds is 1. The van der Waals surface area contributed by atoms with Gasteiger partial charge in [0.15, 0.2) is 0 Å². The molecule has 0 amide bonds. The maximum Gasteiger partial charge on any atom is 0.142 e. The Morgan fingerprint density at radius 3 is 2.53 bits per heavy atom. The molecular weight excluding hydrogens is 214 g/mol. The molecule has 0 unspecified atom stereocenters. The number of methoxy groups -OCH3 is 1. The number of nitrogens with zero attached hydrogens (tertiary/aromatic N) is 1. The fraction of sp³-hybridized carbons (Fsp3) is 0.500. The molecule has 1 aliphatic rings. The van der Waals surface area contributed by atoms with Gasteiger partial charge >= 0.3 is 0 Å². The van der Waals surface area contributed by atoms with Crippen LogP contribution in [0, 0.1) is 0 Å². The Morgan fingerprint density at radius 1 is 1.47 bits per heavy atom. The number of ether oxygens (including phenoxy) is 1. The second-order valence-corrected chi connectivity index (χ2v) is 3.61. The Bertz CT molecular complexity index is 295. The predicted molar refractivity (Wildman–Crippen MR) is 62.3 cm³/mol. The van der Waals surface area contributed by atoms with Crippen molar-refractivity contribution < 1.29 is 4.74 Å². The first-order valence-electron chi connectivity index (χ1n) is 4.89. The highest BCUT2D eigenvalue weighted by molar-refractivity contribution is 6.31. The Balaban J connectivity index is 0.000000187. The number of hydrogen-bond donors (Lipinski definition) is 2. The zero-order valence-electron chi connectivity index (χ0n) is 8.79. The van der Waals surface area contributed by atoms with E-state index in [9.17, 15) is 0 Å². The van der Waals surface area contributed by atoms with Gasteiger partial charge in [-0.2, -0.15) is 0 Å². The van der Waals surface area contributed by atoms with Gasteiger partial charge in [0.2, 0.25) is 0 Å². The molecule has 0 saturated carbocycles. The second kappa shape index (κ2) is 6.48. The molecule has 1 saturated heterocycles. The lowest BCUT2D eigenvalue weighted by molar-refractivity contribution is 0.415. The maximum absolute atomic E-state index is 5.65. The lowest BCUT2D eigenvalue weighted by atomic mass is 10.4. The number of anilines is 1. The van der Waals surface area contributed by atoms with E-state index in [4.69, 9.17) is 22.1 Å². The third kappa shape index (κ3) is 4.36. The van der Waals surface area contributed by atoms with Crippen LogP contribution in [-0.4, -0.2) is 25.2 Å². The molecule has 3 N–H and O–H groups in total. The molecule has 2 heterocycles. The van der Waals surface area contributed by atoms with E-state index in [0.29, 0.717) is 16.6 Å². The number of nitrogens with two attached hydrogens (primary N) is 1. The van der Waals surface area contributed by atoms with E-state index in [2.05, 4.69) is 10.3 Å². The Kier molecular flexibility index (Phi) is 5.21. The van der Waals surface area contributed by atoms with Crippen LogP contribution in [0.1, 0.15) is 12.8 Å². The highest BCUT2D eigenvalue weighted by Gasteiger charge is 1.99. The van der Waals surface area contributed by atoms with Gasteiger partial charge in [-0.3, -0.25) is 0 Å². The monoisotopic (exact) mass is 229 g/mol. The first-order valence-corrected chi connectivity index (χ1v) is 5.27. The Hall–Kier alpha value is -1.00. The van der Waals surface area contributed by atoms with E-state index >= 15 is 0 Å². The van der Waals surface area contributed by atoms with Crippen molar-refractivity contribution in [3.8, 4) is 5.75 Å². The molecule has 0 atom stereocenters. The number of nitrogen functional groups attached to an aromatic ring is 1. The van der Waals surface area contributed by atoms with E-state index in [1.165, 1.54) is 39.2 Å². The fourth-order valence-corrected chi connectivity index (χ4v) is 1.40. The molecule has 1 fully saturated rings. The van der Waals surface area contributed by atoms with Crippen molar-refractivity contribution in [1.82, 2.24) is 10.3 Å². The van der Waals surface area contributed by atoms with E-state index in [-0.39, 0.29) is 0 Å². The van der Waals surface area contributed by atoms with E-state index < -0.39 is 0 Å². The Morgan fingerprint density at radius 2 is 2.13 bits per heavy atom. The summed E-state index contributed by atoms with van der Waals surface area (Å²) >= 11 is 5.65. The van der Waals surface area contributed by atoms with Gasteiger partial charge in [-0.15, -0.1) is 0 Å². The molecule has 0 bridgehead atoms. The lowest BCUT2D eigenvalue weighted by Gasteiger charge is -2.01. The van der Waals surface area contributed by atoms with Crippen molar-refractivity contribution >= 4 is 17.4 Å². The van der Waals surface area contributed by atoms with E-state index in [1.807, 2.05) is 0 Å². The topological polar surface area (TPSA) is 60.2 Å². The second-order valence-electron chi connectivity index (χ2n) is 3.20. The molecule has 0 radical (unpaired) electrons. The van der Waals surface area contributed by atoms with Crippen LogP contribution in [0.5, 0.6) is 5.75 Å². The van der Waals surface area contributed by atoms with Crippen molar-refractivity contribution in [3.63, 3.8) is 0 Å². The third-order valence-corrected chi connectivity index (χ3v) is 2.30. The van der Waals surface area contributed by atoms with Crippen molar-refractivity contribution in [2.75, 3.05) is 25.9 Å². The van der Waals surface area contributed by atoms with Crippen LogP contribution in [0.2, 0.25) is 5.02 Å². The van der Waals surface area contributed by atoms with E-state index in [1.54, 1.807) is 6.07 Å². The minimum Gasteiger partial charge on any atom is -0.495 e. The number of hydrogen-bond acceptors (Lipinski definition) is 4. The van der Waals surface area contributed by atoms with Gasteiger partial charge in [-0.05, 0) is 25.9 Å². The summed E-state index contributed by atoms with van der Waals surface area (Å²) in [6.45, 7) is 2.50. The predicted octanol–water partition coefficient (Wildman–Crippen LogP) is 1.70. The third-order valence-electron chi connectivity index (χ3n) is 2.02. The van der Waals surface area contributed by atoms with Crippen LogP contribution in [-0.2, 0) is 0 Å². The minimum atomic E-state index is 0.404. The van der Waals surface area contributed by atoms with E-state index in [0.717, 1.165) is 0 Å². The zero-order valence-corrected chi connectivity index (χ0v) is 9.55. The van der Waals surface area contributed by atoms with Gasteiger partial charge in [0.1, 0.15) is 16.6 Å². The molecule has 84 valence electrons. The molecule has 15 heavy (non-hydrogen) atoms. The van der Waals surface area contributed by atoms with Crippen molar-refractivity contribution in [3.05, 3.63) is 17.3 Å². The molecular formula is C10H16ClN3O. The smallest absolute Gasteiger partial charge is 0.142 e. The maximum atomic E-state index is 5.65. The standard InChI is InChI=1S/C6H7ClN2O.C4H9N/c1-10-5-2-6(8)9-3-4(5)7;1-2-4-5-3-1/h2-3H,1H3,(H2,8,9);5H,1-4H2. The normalized spacial score (nSPS) is 14.3. The summed E-state index contributed by atoms with van der Waals surface area (Å²) in [5.41, 5.74) is 5.35. The van der Waals surface area contributed by atoms with Gasteiger partial charge in [0.25, 0.3) is 0 Å². The minimum absolute atomic E-state index is 0.404. The number of nitrogens with one attached hydrogen (secondary N) is 1. The van der Waals surface area contributed by atoms with Crippen LogP contribution in [0.25, 0.3) is 0 Å². The van der Waals surface area contributed by atoms with Crippen molar-refractivity contribution in [2.45, 2.75) is 12.8 Å². The summed E-state index contributed by atoms with van der Waals surface area (Å²) < 4.78 is 4.87. The summed E-state index contributed by atoms with van der Waals surface area (Å²) in [6, 6.07) is 1.57. The number of aromatic nitrogens is 1. The molecule has 0 spiro atoms. The highest BCUT2D eigenvalue weighted by atomic mass is 35.5. The van der Waals surface area contributed by atoms with Crippen LogP contribution in [0.15, 0.2) is 12.3 Å². The summed E-state index contributed by atoms with van der Waals surface area (Å²) in [7, 11) is 1.53. The quantitative estimate of drug-likeness (QED) is 0.770. The fourth-order valence-electron chi connectivity index (χ4n) is 1.22. The highest BCUT2D eigenvalue weighted by Crippen LogP contribution is 2.23. The van der Waals surface area contributed by atoms with Crippen molar-refractivity contribution in [2.24, 2.45) is 0 Å². The molecule has 2 rings (SSSR count).